The number of aromatic carboxylic acids is 1. The summed E-state index contributed by atoms with van der Waals surface area (Å²) < 4.78 is 26.8. The Morgan fingerprint density at radius 2 is 2.05 bits per heavy atom. The monoisotopic (exact) mass is 333 g/mol. The summed E-state index contributed by atoms with van der Waals surface area (Å²) in [5.74, 6) is -1.23. The summed E-state index contributed by atoms with van der Waals surface area (Å²) in [7, 11) is -3.85. The third-order valence-electron chi connectivity index (χ3n) is 3.73. The van der Waals surface area contributed by atoms with E-state index in [9.17, 15) is 18.3 Å². The van der Waals surface area contributed by atoms with Gasteiger partial charge in [-0.05, 0) is 44.1 Å². The summed E-state index contributed by atoms with van der Waals surface area (Å²) in [5.41, 5.74) is -0.419. The quantitative estimate of drug-likeness (QED) is 0.877. The summed E-state index contributed by atoms with van der Waals surface area (Å²) in [4.78, 5) is 11.0. The second-order valence-corrected chi connectivity index (χ2v) is 8.39. The number of carboxylic acid groups (broad SMARTS) is 1. The lowest BCUT2D eigenvalue weighted by atomic mass is 9.98. The van der Waals surface area contributed by atoms with Crippen molar-refractivity contribution in [2.45, 2.75) is 43.6 Å². The predicted octanol–water partition coefficient (Wildman–Crippen LogP) is 1.68. The fourth-order valence-electron chi connectivity index (χ4n) is 2.51. The molecule has 1 atom stereocenters. The molecule has 0 aliphatic carbocycles. The van der Waals surface area contributed by atoms with Gasteiger partial charge in [0.05, 0.1) is 5.60 Å². The third-order valence-corrected chi connectivity index (χ3v) is 7.03. The number of aryl methyl sites for hydroxylation is 1. The molecular formula is C13H19NO5S2. The molecule has 2 rings (SSSR count). The van der Waals surface area contributed by atoms with E-state index in [1.54, 1.807) is 19.2 Å². The molecule has 1 aliphatic heterocycles. The van der Waals surface area contributed by atoms with Gasteiger partial charge in [0.15, 0.2) is 0 Å². The lowest BCUT2D eigenvalue weighted by Gasteiger charge is -2.22. The number of nitrogens with zero attached hydrogens (tertiary/aromatic N) is 1. The fourth-order valence-corrected chi connectivity index (χ4v) is 5.57. The second kappa shape index (κ2) is 5.68. The predicted molar refractivity (Wildman–Crippen MR) is 79.2 cm³/mol. The first-order valence-corrected chi connectivity index (χ1v) is 9.01. The van der Waals surface area contributed by atoms with Gasteiger partial charge in [0.2, 0.25) is 10.0 Å². The molecule has 2 N–H and O–H groups in total. The maximum atomic E-state index is 12.7. The average Bonchev–Trinajstić information content (AvgIpc) is 2.65. The molecule has 0 saturated carbocycles. The largest absolute Gasteiger partial charge is 0.477 e. The van der Waals surface area contributed by atoms with Crippen LogP contribution in [0.25, 0.3) is 0 Å². The van der Waals surface area contributed by atoms with Crippen LogP contribution in [0.1, 0.15) is 41.4 Å². The highest BCUT2D eigenvalue weighted by Gasteiger charge is 2.35. The number of hydrogen-bond acceptors (Lipinski definition) is 5. The molecule has 1 fully saturated rings. The minimum absolute atomic E-state index is 0.110. The molecule has 1 aromatic heterocycles. The van der Waals surface area contributed by atoms with Crippen LogP contribution in [-0.2, 0) is 10.0 Å². The van der Waals surface area contributed by atoms with Crippen LogP contribution in [0.4, 0.5) is 0 Å². The average molecular weight is 333 g/mol. The normalized spacial score (nSPS) is 24.7. The maximum Gasteiger partial charge on any atom is 0.347 e. The Kier molecular flexibility index (Phi) is 4.44. The summed E-state index contributed by atoms with van der Waals surface area (Å²) in [6, 6.07) is 0. The smallest absolute Gasteiger partial charge is 0.347 e. The van der Waals surface area contributed by atoms with E-state index in [1.165, 1.54) is 4.31 Å². The van der Waals surface area contributed by atoms with Crippen LogP contribution in [0.3, 0.4) is 0 Å². The van der Waals surface area contributed by atoms with Crippen molar-refractivity contribution >= 4 is 27.3 Å². The Hall–Kier alpha value is -0.960. The number of hydrogen-bond donors (Lipinski definition) is 2. The van der Waals surface area contributed by atoms with Gasteiger partial charge in [-0.15, -0.1) is 11.3 Å². The number of carboxylic acids is 1. The highest BCUT2D eigenvalue weighted by Crippen LogP contribution is 2.32. The molecule has 0 amide bonds. The SMILES string of the molecule is Cc1csc(C(=O)O)c1S(=O)(=O)N1CCCC(C)(O)CC1. The van der Waals surface area contributed by atoms with E-state index in [1.807, 2.05) is 0 Å². The number of aliphatic hydroxyl groups is 1. The molecule has 1 unspecified atom stereocenters. The van der Waals surface area contributed by atoms with E-state index in [0.717, 1.165) is 11.3 Å². The standard InChI is InChI=1S/C13H19NO5S2/c1-9-8-20-10(12(15)16)11(9)21(18,19)14-6-3-4-13(2,17)5-7-14/h8,17H,3-7H2,1-2H3,(H,15,16). The van der Waals surface area contributed by atoms with Crippen LogP contribution in [-0.4, -0.2) is 47.6 Å². The van der Waals surface area contributed by atoms with Crippen molar-refractivity contribution in [3.05, 3.63) is 15.8 Å². The van der Waals surface area contributed by atoms with Crippen molar-refractivity contribution in [1.29, 1.82) is 0 Å². The van der Waals surface area contributed by atoms with Crippen molar-refractivity contribution in [2.24, 2.45) is 0 Å². The molecule has 8 heteroatoms. The second-order valence-electron chi connectivity index (χ2n) is 5.64. The van der Waals surface area contributed by atoms with E-state index in [2.05, 4.69) is 0 Å². The van der Waals surface area contributed by atoms with Crippen molar-refractivity contribution in [3.8, 4) is 0 Å². The molecule has 0 radical (unpaired) electrons. The molecule has 118 valence electrons. The molecular weight excluding hydrogens is 314 g/mol. The molecule has 0 bridgehead atoms. The topological polar surface area (TPSA) is 94.9 Å². The van der Waals surface area contributed by atoms with Gasteiger partial charge >= 0.3 is 5.97 Å². The lowest BCUT2D eigenvalue weighted by molar-refractivity contribution is 0.0464. The summed E-state index contributed by atoms with van der Waals surface area (Å²) in [6.07, 6.45) is 1.43. The van der Waals surface area contributed by atoms with Gasteiger partial charge in [-0.2, -0.15) is 4.31 Å². The zero-order chi connectivity index (χ0) is 15.8. The van der Waals surface area contributed by atoms with E-state index >= 15 is 0 Å². The van der Waals surface area contributed by atoms with Crippen molar-refractivity contribution in [2.75, 3.05) is 13.1 Å². The first kappa shape index (κ1) is 16.4. The zero-order valence-electron chi connectivity index (χ0n) is 12.0. The first-order valence-electron chi connectivity index (χ1n) is 6.69. The Bertz CT molecular complexity index is 648. The van der Waals surface area contributed by atoms with Crippen molar-refractivity contribution < 1.29 is 23.4 Å². The number of carbonyl (C=O) groups is 1. The zero-order valence-corrected chi connectivity index (χ0v) is 13.6. The maximum absolute atomic E-state index is 12.7. The Labute approximate surface area is 128 Å². The highest BCUT2D eigenvalue weighted by molar-refractivity contribution is 7.89. The van der Waals surface area contributed by atoms with Crippen LogP contribution in [0, 0.1) is 6.92 Å². The van der Waals surface area contributed by atoms with E-state index in [4.69, 9.17) is 5.11 Å². The van der Waals surface area contributed by atoms with Gasteiger partial charge < -0.3 is 10.2 Å². The minimum atomic E-state index is -3.85. The third kappa shape index (κ3) is 3.28. The van der Waals surface area contributed by atoms with E-state index < -0.39 is 21.6 Å². The van der Waals surface area contributed by atoms with Gasteiger partial charge in [-0.25, -0.2) is 13.2 Å². The number of sulfonamides is 1. The highest BCUT2D eigenvalue weighted by atomic mass is 32.2. The van der Waals surface area contributed by atoms with Crippen LogP contribution in [0.15, 0.2) is 10.3 Å². The van der Waals surface area contributed by atoms with Crippen LogP contribution in [0.2, 0.25) is 0 Å². The minimum Gasteiger partial charge on any atom is -0.477 e. The van der Waals surface area contributed by atoms with E-state index in [0.29, 0.717) is 31.4 Å². The van der Waals surface area contributed by atoms with Crippen LogP contribution < -0.4 is 0 Å². The van der Waals surface area contributed by atoms with Gasteiger partial charge in [-0.1, -0.05) is 0 Å². The summed E-state index contributed by atoms with van der Waals surface area (Å²) in [6.45, 7) is 3.79. The lowest BCUT2D eigenvalue weighted by Crippen LogP contribution is -2.34. The van der Waals surface area contributed by atoms with E-state index in [-0.39, 0.29) is 16.3 Å². The Morgan fingerprint density at radius 1 is 1.38 bits per heavy atom. The van der Waals surface area contributed by atoms with Gasteiger partial charge in [-0.3, -0.25) is 0 Å². The van der Waals surface area contributed by atoms with Crippen molar-refractivity contribution in [3.63, 3.8) is 0 Å². The van der Waals surface area contributed by atoms with Gasteiger partial charge in [0.1, 0.15) is 9.77 Å². The Balaban J connectivity index is 2.39. The molecule has 1 saturated heterocycles. The molecule has 0 spiro atoms. The Morgan fingerprint density at radius 3 is 2.67 bits per heavy atom. The van der Waals surface area contributed by atoms with Gasteiger partial charge in [0.25, 0.3) is 0 Å². The molecule has 2 heterocycles. The molecule has 6 nitrogen and oxygen atoms in total. The number of thiophene rings is 1. The van der Waals surface area contributed by atoms with Crippen molar-refractivity contribution in [1.82, 2.24) is 4.31 Å². The van der Waals surface area contributed by atoms with Gasteiger partial charge in [0, 0.05) is 13.1 Å². The molecule has 1 aliphatic rings. The summed E-state index contributed by atoms with van der Waals surface area (Å²) in [5, 5.41) is 20.8. The fraction of sp³-hybridized carbons (Fsp3) is 0.615. The molecule has 0 aromatic carbocycles. The molecule has 1 aromatic rings. The first-order chi connectivity index (χ1) is 9.65. The van der Waals surface area contributed by atoms with Crippen LogP contribution >= 0.6 is 11.3 Å². The molecule has 21 heavy (non-hydrogen) atoms. The summed E-state index contributed by atoms with van der Waals surface area (Å²) >= 11 is 0.925. The number of rotatable bonds is 3. The van der Waals surface area contributed by atoms with Crippen LogP contribution in [0.5, 0.6) is 0 Å².